The molecule has 0 atom stereocenters. The number of anilines is 1. The minimum Gasteiger partial charge on any atom is -0.245 e. The zero-order valence-corrected chi connectivity index (χ0v) is 13.9. The summed E-state index contributed by atoms with van der Waals surface area (Å²) in [4.78, 5) is 1.26. The lowest BCUT2D eigenvalue weighted by molar-refractivity contribution is 0.600. The Balaban J connectivity index is 2.42. The van der Waals surface area contributed by atoms with E-state index in [0.717, 1.165) is 10.4 Å². The minimum atomic E-state index is -3.78. The number of benzene rings is 1. The van der Waals surface area contributed by atoms with Crippen LogP contribution in [0.4, 0.5) is 5.95 Å². The van der Waals surface area contributed by atoms with Gasteiger partial charge in [0.1, 0.15) is 4.90 Å². The number of nitrogens with zero attached hydrogens (tertiary/aromatic N) is 4. The molecule has 0 radical (unpaired) electrons. The molecule has 0 aliphatic carbocycles. The maximum atomic E-state index is 12.2. The van der Waals surface area contributed by atoms with E-state index in [0.29, 0.717) is 8.95 Å². The first-order chi connectivity index (χ1) is 8.79. The number of tetrazole rings is 1. The number of hydrogen-bond acceptors (Lipinski definition) is 5. The van der Waals surface area contributed by atoms with Gasteiger partial charge in [-0.15, -0.1) is 5.10 Å². The predicted molar refractivity (Wildman–Crippen MR) is 76.2 cm³/mol. The van der Waals surface area contributed by atoms with Gasteiger partial charge in [0.25, 0.3) is 16.0 Å². The Kier molecular flexibility index (Phi) is 3.92. The second-order valence-corrected chi connectivity index (χ2v) is 7.10. The van der Waals surface area contributed by atoms with E-state index in [1.165, 1.54) is 6.07 Å². The largest absolute Gasteiger partial charge is 0.277 e. The molecule has 19 heavy (non-hydrogen) atoms. The lowest BCUT2D eigenvalue weighted by Gasteiger charge is -2.08. The highest BCUT2D eigenvalue weighted by atomic mass is 79.9. The summed E-state index contributed by atoms with van der Waals surface area (Å²) in [7, 11) is -2.23. The summed E-state index contributed by atoms with van der Waals surface area (Å²) in [5, 5.41) is 10.9. The van der Waals surface area contributed by atoms with Gasteiger partial charge in [-0.3, -0.25) is 0 Å². The predicted octanol–water partition coefficient (Wildman–Crippen LogP) is 1.84. The van der Waals surface area contributed by atoms with Crippen LogP contribution in [0.2, 0.25) is 0 Å². The maximum absolute atomic E-state index is 12.2. The van der Waals surface area contributed by atoms with E-state index >= 15 is 0 Å². The molecular formula is C9H9Br2N5O2S. The van der Waals surface area contributed by atoms with E-state index in [-0.39, 0.29) is 10.8 Å². The summed E-state index contributed by atoms with van der Waals surface area (Å²) in [6, 6.07) is 3.22. The van der Waals surface area contributed by atoms with Crippen LogP contribution < -0.4 is 4.72 Å². The van der Waals surface area contributed by atoms with Gasteiger partial charge in [-0.25, -0.2) is 13.1 Å². The second-order valence-electron chi connectivity index (χ2n) is 3.74. The highest BCUT2D eigenvalue weighted by Crippen LogP contribution is 2.29. The van der Waals surface area contributed by atoms with Gasteiger partial charge in [-0.1, -0.05) is 21.0 Å². The molecule has 0 aliphatic rings. The molecule has 0 unspecified atom stereocenters. The van der Waals surface area contributed by atoms with E-state index in [4.69, 9.17) is 0 Å². The van der Waals surface area contributed by atoms with Crippen molar-refractivity contribution in [2.45, 2.75) is 11.8 Å². The zero-order chi connectivity index (χ0) is 14.2. The standard InChI is InChI=1S/C9H9Br2N5O2S/c1-5-3-7(11)8(4-6(5)10)19(17,18)14-9-12-15-16(2)13-9/h3-4H,1-2H3,(H,13,14). The summed E-state index contributed by atoms with van der Waals surface area (Å²) < 4.78 is 27.9. The SMILES string of the molecule is Cc1cc(Br)c(S(=O)(=O)Nc2nnn(C)n2)cc1Br. The van der Waals surface area contributed by atoms with Crippen LogP contribution in [0.5, 0.6) is 0 Å². The number of rotatable bonds is 3. The first-order valence-corrected chi connectivity index (χ1v) is 8.09. The normalized spacial score (nSPS) is 11.6. The van der Waals surface area contributed by atoms with Gasteiger partial charge in [0.05, 0.1) is 7.05 Å². The highest BCUT2D eigenvalue weighted by molar-refractivity contribution is 9.11. The molecule has 10 heteroatoms. The van der Waals surface area contributed by atoms with Crippen molar-refractivity contribution in [1.82, 2.24) is 20.2 Å². The maximum Gasteiger partial charge on any atom is 0.277 e. The van der Waals surface area contributed by atoms with Crippen LogP contribution in [0.15, 0.2) is 26.0 Å². The zero-order valence-electron chi connectivity index (χ0n) is 9.92. The van der Waals surface area contributed by atoms with Gasteiger partial charge in [-0.2, -0.15) is 4.80 Å². The first kappa shape index (κ1) is 14.4. The van der Waals surface area contributed by atoms with Gasteiger partial charge in [0.2, 0.25) is 0 Å². The minimum absolute atomic E-state index is 0.0777. The van der Waals surface area contributed by atoms with Crippen molar-refractivity contribution in [2.75, 3.05) is 4.72 Å². The number of hydrogen-bond donors (Lipinski definition) is 1. The molecule has 0 bridgehead atoms. The van der Waals surface area contributed by atoms with E-state index in [1.807, 2.05) is 6.92 Å². The molecule has 2 aromatic rings. The second kappa shape index (κ2) is 5.17. The molecule has 0 saturated carbocycles. The van der Waals surface area contributed by atoms with Crippen LogP contribution in [0.1, 0.15) is 5.56 Å². The quantitative estimate of drug-likeness (QED) is 0.833. The molecule has 1 heterocycles. The number of sulfonamides is 1. The Bertz CT molecular complexity index is 728. The molecular weight excluding hydrogens is 402 g/mol. The van der Waals surface area contributed by atoms with E-state index in [1.54, 1.807) is 13.1 Å². The third kappa shape index (κ3) is 3.12. The van der Waals surface area contributed by atoms with Crippen LogP contribution in [-0.4, -0.2) is 28.6 Å². The Hall–Kier alpha value is -1.00. The van der Waals surface area contributed by atoms with Crippen LogP contribution >= 0.6 is 31.9 Å². The highest BCUT2D eigenvalue weighted by Gasteiger charge is 2.21. The molecule has 1 N–H and O–H groups in total. The van der Waals surface area contributed by atoms with Gasteiger partial charge >= 0.3 is 0 Å². The van der Waals surface area contributed by atoms with Crippen molar-refractivity contribution in [1.29, 1.82) is 0 Å². The van der Waals surface area contributed by atoms with Crippen LogP contribution in [0.3, 0.4) is 0 Å². The number of aryl methyl sites for hydroxylation is 2. The summed E-state index contributed by atoms with van der Waals surface area (Å²) in [6.45, 7) is 1.86. The fraction of sp³-hybridized carbons (Fsp3) is 0.222. The Morgan fingerprint density at radius 3 is 2.53 bits per heavy atom. The fourth-order valence-electron chi connectivity index (χ4n) is 1.33. The smallest absolute Gasteiger partial charge is 0.245 e. The molecule has 2 rings (SSSR count). The Labute approximate surface area is 126 Å². The molecule has 0 spiro atoms. The van der Waals surface area contributed by atoms with E-state index < -0.39 is 10.0 Å². The first-order valence-electron chi connectivity index (χ1n) is 5.02. The molecule has 1 aromatic carbocycles. The van der Waals surface area contributed by atoms with Crippen LogP contribution in [-0.2, 0) is 17.1 Å². The summed E-state index contributed by atoms with van der Waals surface area (Å²) in [5.74, 6) is -0.0777. The van der Waals surface area contributed by atoms with Gasteiger partial charge in [0, 0.05) is 8.95 Å². The van der Waals surface area contributed by atoms with Crippen LogP contribution in [0.25, 0.3) is 0 Å². The molecule has 0 aliphatic heterocycles. The number of nitrogens with one attached hydrogen (secondary N) is 1. The molecule has 0 fully saturated rings. The van der Waals surface area contributed by atoms with Crippen LogP contribution in [0, 0.1) is 6.92 Å². The average Bonchev–Trinajstić information content (AvgIpc) is 2.68. The van der Waals surface area contributed by atoms with Crippen molar-refractivity contribution in [3.63, 3.8) is 0 Å². The monoisotopic (exact) mass is 409 g/mol. The third-order valence-electron chi connectivity index (χ3n) is 2.24. The molecule has 102 valence electrons. The van der Waals surface area contributed by atoms with Crippen molar-refractivity contribution in [3.05, 3.63) is 26.6 Å². The third-order valence-corrected chi connectivity index (χ3v) is 5.38. The lowest BCUT2D eigenvalue weighted by Crippen LogP contribution is -2.15. The molecule has 1 aromatic heterocycles. The van der Waals surface area contributed by atoms with Crippen molar-refractivity contribution in [3.8, 4) is 0 Å². The van der Waals surface area contributed by atoms with Gasteiger partial charge in [-0.05, 0) is 45.8 Å². The topological polar surface area (TPSA) is 89.8 Å². The number of halogens is 2. The van der Waals surface area contributed by atoms with Crippen molar-refractivity contribution >= 4 is 47.8 Å². The summed E-state index contributed by atoms with van der Waals surface area (Å²) in [6.07, 6.45) is 0. The fourth-order valence-corrected chi connectivity index (χ4v) is 3.95. The molecule has 0 saturated heterocycles. The van der Waals surface area contributed by atoms with Crippen molar-refractivity contribution in [2.24, 2.45) is 7.05 Å². The van der Waals surface area contributed by atoms with Gasteiger partial charge < -0.3 is 0 Å². The Morgan fingerprint density at radius 1 is 1.26 bits per heavy atom. The van der Waals surface area contributed by atoms with E-state index in [2.05, 4.69) is 52.0 Å². The summed E-state index contributed by atoms with van der Waals surface area (Å²) in [5.41, 5.74) is 0.920. The number of aromatic nitrogens is 4. The Morgan fingerprint density at radius 2 is 1.95 bits per heavy atom. The summed E-state index contributed by atoms with van der Waals surface area (Å²) >= 11 is 6.54. The molecule has 7 nitrogen and oxygen atoms in total. The van der Waals surface area contributed by atoms with Crippen molar-refractivity contribution < 1.29 is 8.42 Å². The van der Waals surface area contributed by atoms with E-state index in [9.17, 15) is 8.42 Å². The average molecular weight is 411 g/mol. The van der Waals surface area contributed by atoms with Gasteiger partial charge in [0.15, 0.2) is 0 Å². The lowest BCUT2D eigenvalue weighted by atomic mass is 10.2. The molecule has 0 amide bonds.